The smallest absolute Gasteiger partial charge is 0.136 e. The predicted octanol–water partition coefficient (Wildman–Crippen LogP) is 3.80. The highest BCUT2D eigenvalue weighted by Gasteiger charge is 2.27. The highest BCUT2D eigenvalue weighted by atomic mass is 79.9. The molecule has 0 aromatic carbocycles. The molecule has 1 aliphatic rings. The zero-order valence-corrected chi connectivity index (χ0v) is 13.5. The van der Waals surface area contributed by atoms with Gasteiger partial charge in [0.25, 0.3) is 0 Å². The van der Waals surface area contributed by atoms with E-state index in [2.05, 4.69) is 34.7 Å². The summed E-state index contributed by atoms with van der Waals surface area (Å²) in [4.78, 5) is 2.49. The van der Waals surface area contributed by atoms with Crippen LogP contribution in [0.1, 0.15) is 44.9 Å². The van der Waals surface area contributed by atoms with E-state index >= 15 is 0 Å². The van der Waals surface area contributed by atoms with E-state index < -0.39 is 0 Å². The molecule has 0 aliphatic carbocycles. The van der Waals surface area contributed by atoms with Gasteiger partial charge in [0.1, 0.15) is 5.76 Å². The summed E-state index contributed by atoms with van der Waals surface area (Å²) in [5.41, 5.74) is 5.99. The van der Waals surface area contributed by atoms with E-state index in [9.17, 15) is 0 Å². The Balaban J connectivity index is 2.06. The number of rotatable bonds is 4. The van der Waals surface area contributed by atoms with E-state index in [1.54, 1.807) is 6.26 Å². The third-order valence-corrected chi connectivity index (χ3v) is 5.02. The summed E-state index contributed by atoms with van der Waals surface area (Å²) in [6, 6.07) is 2.16. The Morgan fingerprint density at radius 2 is 2.21 bits per heavy atom. The van der Waals surface area contributed by atoms with Gasteiger partial charge in [-0.1, -0.05) is 13.8 Å². The van der Waals surface area contributed by atoms with Crippen LogP contribution in [-0.4, -0.2) is 24.5 Å². The summed E-state index contributed by atoms with van der Waals surface area (Å²) in [5.74, 6) is 2.61. The number of hydrogen-bond donors (Lipinski definition) is 1. The van der Waals surface area contributed by atoms with Gasteiger partial charge in [0, 0.05) is 6.54 Å². The molecule has 19 heavy (non-hydrogen) atoms. The van der Waals surface area contributed by atoms with Crippen molar-refractivity contribution in [2.24, 2.45) is 17.6 Å². The normalized spacial score (nSPS) is 23.5. The molecule has 1 aliphatic heterocycles. The summed E-state index contributed by atoms with van der Waals surface area (Å²) < 4.78 is 6.65. The molecule has 0 radical (unpaired) electrons. The molecule has 1 saturated heterocycles. The van der Waals surface area contributed by atoms with Gasteiger partial charge in [-0.3, -0.25) is 4.90 Å². The van der Waals surface area contributed by atoms with Crippen molar-refractivity contribution in [1.82, 2.24) is 4.90 Å². The fourth-order valence-corrected chi connectivity index (χ4v) is 3.55. The van der Waals surface area contributed by atoms with Crippen molar-refractivity contribution >= 4 is 15.9 Å². The summed E-state index contributed by atoms with van der Waals surface area (Å²) in [6.07, 6.45) is 5.60. The maximum absolute atomic E-state index is 5.99. The first-order valence-corrected chi connectivity index (χ1v) is 8.09. The lowest BCUT2D eigenvalue weighted by atomic mass is 9.89. The predicted molar refractivity (Wildman–Crippen MR) is 82.0 cm³/mol. The average molecular weight is 329 g/mol. The molecule has 3 nitrogen and oxygen atoms in total. The molecule has 2 rings (SSSR count). The highest BCUT2D eigenvalue weighted by Crippen LogP contribution is 2.32. The number of nitrogens with two attached hydrogens (primary N) is 1. The van der Waals surface area contributed by atoms with E-state index in [1.165, 1.54) is 19.3 Å². The maximum atomic E-state index is 5.99. The molecule has 0 bridgehead atoms. The maximum Gasteiger partial charge on any atom is 0.136 e. The SMILES string of the molecule is CC(C)C1CCCN(C(CN)c2occc2Br)CC1. The lowest BCUT2D eigenvalue weighted by Gasteiger charge is -2.28. The molecule has 1 aromatic rings. The van der Waals surface area contributed by atoms with Crippen molar-refractivity contribution in [3.8, 4) is 0 Å². The molecule has 2 unspecified atom stereocenters. The molecule has 2 N–H and O–H groups in total. The minimum absolute atomic E-state index is 0.204. The highest BCUT2D eigenvalue weighted by molar-refractivity contribution is 9.10. The Labute approximate surface area is 124 Å². The number of furan rings is 1. The van der Waals surface area contributed by atoms with E-state index in [4.69, 9.17) is 10.2 Å². The molecule has 108 valence electrons. The van der Waals surface area contributed by atoms with Crippen LogP contribution in [0.15, 0.2) is 21.2 Å². The molecule has 0 spiro atoms. The van der Waals surface area contributed by atoms with Gasteiger partial charge in [-0.25, -0.2) is 0 Å². The van der Waals surface area contributed by atoms with Gasteiger partial charge in [-0.15, -0.1) is 0 Å². The molecule has 2 heterocycles. The molecule has 0 saturated carbocycles. The van der Waals surface area contributed by atoms with Gasteiger partial charge in [-0.2, -0.15) is 0 Å². The summed E-state index contributed by atoms with van der Waals surface area (Å²) in [6.45, 7) is 7.53. The molecule has 4 heteroatoms. The van der Waals surface area contributed by atoms with Crippen molar-refractivity contribution < 1.29 is 4.42 Å². The van der Waals surface area contributed by atoms with Crippen LogP contribution >= 0.6 is 15.9 Å². The van der Waals surface area contributed by atoms with Crippen LogP contribution < -0.4 is 5.73 Å². The Morgan fingerprint density at radius 1 is 1.42 bits per heavy atom. The molecule has 0 amide bonds. The van der Waals surface area contributed by atoms with Crippen LogP contribution in [0.3, 0.4) is 0 Å². The van der Waals surface area contributed by atoms with Crippen molar-refractivity contribution in [2.45, 2.75) is 39.2 Å². The fraction of sp³-hybridized carbons (Fsp3) is 0.733. The number of halogens is 1. The summed E-state index contributed by atoms with van der Waals surface area (Å²) in [5, 5.41) is 0. The largest absolute Gasteiger partial charge is 0.466 e. The minimum atomic E-state index is 0.204. The molecular weight excluding hydrogens is 304 g/mol. The van der Waals surface area contributed by atoms with E-state index in [0.29, 0.717) is 6.54 Å². The van der Waals surface area contributed by atoms with Crippen molar-refractivity contribution in [1.29, 1.82) is 0 Å². The van der Waals surface area contributed by atoms with E-state index in [-0.39, 0.29) is 6.04 Å². The van der Waals surface area contributed by atoms with Crippen LogP contribution in [0.2, 0.25) is 0 Å². The average Bonchev–Trinajstić information content (AvgIpc) is 2.66. The second-order valence-corrected chi connectivity index (χ2v) is 6.71. The van der Waals surface area contributed by atoms with Crippen LogP contribution in [-0.2, 0) is 0 Å². The lowest BCUT2D eigenvalue weighted by molar-refractivity contribution is 0.181. The standard InChI is InChI=1S/C15H25BrN2O/c1-11(2)12-4-3-7-18(8-5-12)14(10-17)15-13(16)6-9-19-15/h6,9,11-12,14H,3-5,7-8,10,17H2,1-2H3. The van der Waals surface area contributed by atoms with Gasteiger partial charge >= 0.3 is 0 Å². The second kappa shape index (κ2) is 6.91. The van der Waals surface area contributed by atoms with Crippen molar-refractivity contribution in [3.63, 3.8) is 0 Å². The first-order chi connectivity index (χ1) is 9.13. The Morgan fingerprint density at radius 3 is 2.79 bits per heavy atom. The van der Waals surface area contributed by atoms with Gasteiger partial charge in [0.15, 0.2) is 0 Å². The molecular formula is C15H25BrN2O. The topological polar surface area (TPSA) is 42.4 Å². The van der Waals surface area contributed by atoms with E-state index in [0.717, 1.165) is 35.2 Å². The minimum Gasteiger partial charge on any atom is -0.466 e. The molecule has 1 fully saturated rings. The quantitative estimate of drug-likeness (QED) is 0.914. The summed E-state index contributed by atoms with van der Waals surface area (Å²) >= 11 is 3.55. The third-order valence-electron chi connectivity index (χ3n) is 4.36. The molecule has 2 atom stereocenters. The Hall–Kier alpha value is -0.320. The summed E-state index contributed by atoms with van der Waals surface area (Å²) in [7, 11) is 0. The van der Waals surface area contributed by atoms with E-state index in [1.807, 2.05) is 6.07 Å². The first-order valence-electron chi connectivity index (χ1n) is 7.30. The molecule has 1 aromatic heterocycles. The van der Waals surface area contributed by atoms with Crippen molar-refractivity contribution in [3.05, 3.63) is 22.6 Å². The number of hydrogen-bond acceptors (Lipinski definition) is 3. The van der Waals surface area contributed by atoms with Crippen LogP contribution in [0, 0.1) is 11.8 Å². The van der Waals surface area contributed by atoms with Gasteiger partial charge in [-0.05, 0) is 66.2 Å². The van der Waals surface area contributed by atoms with Crippen LogP contribution in [0.4, 0.5) is 0 Å². The lowest BCUT2D eigenvalue weighted by Crippen LogP contribution is -2.34. The second-order valence-electron chi connectivity index (χ2n) is 5.86. The van der Waals surface area contributed by atoms with Crippen LogP contribution in [0.25, 0.3) is 0 Å². The van der Waals surface area contributed by atoms with Crippen molar-refractivity contribution in [2.75, 3.05) is 19.6 Å². The zero-order valence-electron chi connectivity index (χ0n) is 11.9. The Kier molecular flexibility index (Phi) is 5.48. The Bertz CT molecular complexity index is 391. The van der Waals surface area contributed by atoms with Gasteiger partial charge in [0.05, 0.1) is 16.8 Å². The number of likely N-dealkylation sites (tertiary alicyclic amines) is 1. The van der Waals surface area contributed by atoms with Gasteiger partial charge in [0.2, 0.25) is 0 Å². The van der Waals surface area contributed by atoms with Crippen LogP contribution in [0.5, 0.6) is 0 Å². The first kappa shape index (κ1) is 15.1. The zero-order chi connectivity index (χ0) is 13.8. The third kappa shape index (κ3) is 3.61. The van der Waals surface area contributed by atoms with Gasteiger partial charge < -0.3 is 10.2 Å². The fourth-order valence-electron chi connectivity index (χ4n) is 3.09. The number of nitrogens with zero attached hydrogens (tertiary/aromatic N) is 1. The monoisotopic (exact) mass is 328 g/mol.